The topological polar surface area (TPSA) is 51.6 Å². The van der Waals surface area contributed by atoms with Crippen molar-refractivity contribution in [2.24, 2.45) is 0 Å². The molecule has 0 saturated carbocycles. The number of aromatic nitrogens is 4. The highest BCUT2D eigenvalue weighted by molar-refractivity contribution is 14.2. The number of fused-ring (bicyclic) bond motifs is 2. The number of halogens is 1. The van der Waals surface area contributed by atoms with E-state index < -0.39 is 0 Å². The molecule has 0 aliphatic carbocycles. The zero-order valence-electron chi connectivity index (χ0n) is 26.9. The summed E-state index contributed by atoms with van der Waals surface area (Å²) in [5.41, 5.74) is 10.8. The maximum absolute atomic E-state index is 5.03. The third-order valence-electron chi connectivity index (χ3n) is 8.93. The quantitative estimate of drug-likeness (QED) is 0.159. The standard InChI is InChI=1S/C45H29IN4/c1-2-8-30(9-3-1)31-14-20-34(21-15-31)43-48-44(35-22-16-32(17-23-35)39-26-37-10-4-6-12-41(37)46-28-39)50-45(49-43)36-24-18-33(19-25-36)40-27-38-11-5-7-13-42(38)47-29-40/h1-29H. The Hall–Kier alpha value is -5.92. The van der Waals surface area contributed by atoms with Crippen LogP contribution < -0.4 is 5.22 Å². The summed E-state index contributed by atoms with van der Waals surface area (Å²) in [5, 5.41) is 2.45. The second-order valence-electron chi connectivity index (χ2n) is 12.2. The number of benzene rings is 6. The Bertz CT molecular complexity index is 2670. The molecule has 6 aromatic carbocycles. The number of nitrogens with zero attached hydrogens (tertiary/aromatic N) is 4. The molecule has 50 heavy (non-hydrogen) atoms. The Morgan fingerprint density at radius 1 is 0.400 bits per heavy atom. The van der Waals surface area contributed by atoms with Crippen molar-refractivity contribution in [2.45, 2.75) is 0 Å². The largest absolute Gasteiger partial charge is 0.256 e. The van der Waals surface area contributed by atoms with Gasteiger partial charge in [-0.15, -0.1) is 0 Å². The van der Waals surface area contributed by atoms with Gasteiger partial charge < -0.3 is 0 Å². The molecule has 0 saturated heterocycles. The minimum absolute atomic E-state index is 0.158. The number of rotatable bonds is 6. The van der Waals surface area contributed by atoms with Gasteiger partial charge in [0.2, 0.25) is 0 Å². The summed E-state index contributed by atoms with van der Waals surface area (Å²) < 4.78 is 3.88. The third-order valence-corrected chi connectivity index (χ3v) is 11.6. The zero-order valence-corrected chi connectivity index (χ0v) is 29.1. The lowest BCUT2D eigenvalue weighted by molar-refractivity contribution is 1.07. The molecule has 0 atom stereocenters. The van der Waals surface area contributed by atoms with Crippen molar-refractivity contribution in [3.63, 3.8) is 0 Å². The molecule has 1 aliphatic heterocycles. The number of para-hydroxylation sites is 1. The van der Waals surface area contributed by atoms with Crippen LogP contribution in [0.3, 0.4) is 0 Å². The van der Waals surface area contributed by atoms with Crippen molar-refractivity contribution in [2.75, 3.05) is 0 Å². The molecule has 0 amide bonds. The second kappa shape index (κ2) is 13.2. The van der Waals surface area contributed by atoms with Crippen molar-refractivity contribution in [1.82, 2.24) is 19.9 Å². The molecule has 3 heterocycles. The number of hydrogen-bond acceptors (Lipinski definition) is 4. The van der Waals surface area contributed by atoms with Crippen molar-refractivity contribution in [1.29, 1.82) is 0 Å². The van der Waals surface area contributed by atoms with Gasteiger partial charge in [0.05, 0.1) is 5.52 Å². The van der Waals surface area contributed by atoms with Crippen LogP contribution in [0.4, 0.5) is 0 Å². The van der Waals surface area contributed by atoms with Crippen LogP contribution in [0, 0.1) is 3.15 Å². The van der Waals surface area contributed by atoms with E-state index in [1.807, 2.05) is 30.5 Å². The lowest BCUT2D eigenvalue weighted by atomic mass is 10.0. The summed E-state index contributed by atoms with van der Waals surface area (Å²) in [6.07, 6.45) is 4.23. The van der Waals surface area contributed by atoms with Crippen LogP contribution in [0.5, 0.6) is 0 Å². The maximum atomic E-state index is 5.03. The Morgan fingerprint density at radius 3 is 1.56 bits per heavy atom. The van der Waals surface area contributed by atoms with E-state index in [4.69, 9.17) is 15.0 Å². The minimum Gasteiger partial charge on any atom is -0.256 e. The van der Waals surface area contributed by atoms with Gasteiger partial charge in [0.15, 0.2) is 17.5 Å². The molecular formula is C45H29IN4. The maximum Gasteiger partial charge on any atom is 0.164 e. The zero-order chi connectivity index (χ0) is 33.3. The lowest BCUT2D eigenvalue weighted by Crippen LogP contribution is -2.03. The van der Waals surface area contributed by atoms with Gasteiger partial charge in [-0.1, -0.05) is 160 Å². The highest BCUT2D eigenvalue weighted by atomic mass is 127. The lowest BCUT2D eigenvalue weighted by Gasteiger charge is -2.11. The van der Waals surface area contributed by atoms with Crippen LogP contribution in [0.2, 0.25) is 0 Å². The summed E-state index contributed by atoms with van der Waals surface area (Å²) in [4.78, 5) is 19.7. The molecule has 9 rings (SSSR count). The molecule has 0 fully saturated rings. The van der Waals surface area contributed by atoms with E-state index in [9.17, 15) is 0 Å². The first kappa shape index (κ1) is 30.2. The summed E-state index contributed by atoms with van der Waals surface area (Å²) in [6, 6.07) is 54.9. The monoisotopic (exact) mass is 752 g/mol. The predicted molar refractivity (Wildman–Crippen MR) is 214 cm³/mol. The normalized spacial score (nSPS) is 12.2. The Labute approximate surface area is 300 Å². The van der Waals surface area contributed by atoms with Gasteiger partial charge >= 0.3 is 0 Å². The fraction of sp³-hybridized carbons (Fsp3) is 0. The third kappa shape index (κ3) is 6.08. The number of hydrogen-bond donors (Lipinski definition) is 0. The number of allylic oxidation sites excluding steroid dienone is 1. The molecule has 0 unspecified atom stereocenters. The van der Waals surface area contributed by atoms with Gasteiger partial charge in [0, 0.05) is 37.0 Å². The fourth-order valence-corrected chi connectivity index (χ4v) is 8.53. The fourth-order valence-electron chi connectivity index (χ4n) is 6.21. The first-order valence-corrected chi connectivity index (χ1v) is 18.8. The smallest absolute Gasteiger partial charge is 0.164 e. The molecular weight excluding hydrogens is 723 g/mol. The van der Waals surface area contributed by atoms with Crippen LogP contribution in [0.25, 0.3) is 79.0 Å². The van der Waals surface area contributed by atoms with Crippen molar-refractivity contribution >= 4 is 43.3 Å². The Balaban J connectivity index is 1.09. The van der Waals surface area contributed by atoms with E-state index in [0.29, 0.717) is 17.5 Å². The summed E-state index contributed by atoms with van der Waals surface area (Å²) in [6.45, 7) is 0. The van der Waals surface area contributed by atoms with Crippen LogP contribution in [0.15, 0.2) is 168 Å². The highest BCUT2D eigenvalue weighted by Gasteiger charge is 2.14. The molecule has 8 aromatic rings. The Morgan fingerprint density at radius 2 is 0.900 bits per heavy atom. The van der Waals surface area contributed by atoms with E-state index in [2.05, 4.69) is 149 Å². The second-order valence-corrected chi connectivity index (χ2v) is 14.6. The van der Waals surface area contributed by atoms with Crippen LogP contribution in [-0.2, 0) is 0 Å². The van der Waals surface area contributed by atoms with Crippen molar-refractivity contribution < 1.29 is 0 Å². The van der Waals surface area contributed by atoms with Gasteiger partial charge in [-0.2, -0.15) is 0 Å². The Kier molecular flexibility index (Phi) is 7.95. The van der Waals surface area contributed by atoms with Gasteiger partial charge in [0.25, 0.3) is 0 Å². The summed E-state index contributed by atoms with van der Waals surface area (Å²) >= 11 is -0.158. The van der Waals surface area contributed by atoms with Gasteiger partial charge in [0.1, 0.15) is 0 Å². The molecule has 0 N–H and O–H groups in total. The summed E-state index contributed by atoms with van der Waals surface area (Å²) in [5.74, 6) is 1.92. The van der Waals surface area contributed by atoms with Gasteiger partial charge in [-0.3, -0.25) is 4.98 Å². The average molecular weight is 753 g/mol. The predicted octanol–water partition coefficient (Wildman–Crippen LogP) is 10.8. The van der Waals surface area contributed by atoms with Gasteiger partial charge in [-0.25, -0.2) is 15.0 Å². The van der Waals surface area contributed by atoms with E-state index >= 15 is 0 Å². The molecule has 0 radical (unpaired) electrons. The van der Waals surface area contributed by atoms with Crippen LogP contribution >= 0.6 is 20.7 Å². The molecule has 2 aromatic heterocycles. The SMILES string of the molecule is C1=C(c2ccc(-c3nc(-c4ccc(-c5ccccc5)cc4)nc(-c4ccc(-c5cnc6ccccc6c5)cc4)n3)cc2)C=c2ccccc2=I1. The first-order chi connectivity index (χ1) is 24.7. The molecule has 1 aliphatic rings. The van der Waals surface area contributed by atoms with Gasteiger partial charge in [-0.05, 0) is 61.4 Å². The average Bonchev–Trinajstić information content (AvgIpc) is 3.21. The van der Waals surface area contributed by atoms with Crippen LogP contribution in [-0.4, -0.2) is 19.9 Å². The first-order valence-electron chi connectivity index (χ1n) is 16.5. The molecule has 236 valence electrons. The minimum atomic E-state index is -0.158. The molecule has 4 nitrogen and oxygen atoms in total. The number of pyridine rings is 1. The summed E-state index contributed by atoms with van der Waals surface area (Å²) in [7, 11) is 0. The van der Waals surface area contributed by atoms with Crippen molar-refractivity contribution in [3.8, 4) is 56.4 Å². The van der Waals surface area contributed by atoms with Crippen LogP contribution in [0.1, 0.15) is 5.56 Å². The molecule has 0 bridgehead atoms. The molecule has 0 spiro atoms. The van der Waals surface area contributed by atoms with E-state index in [1.165, 1.54) is 25.1 Å². The van der Waals surface area contributed by atoms with E-state index in [-0.39, 0.29) is 20.7 Å². The van der Waals surface area contributed by atoms with E-state index in [1.54, 1.807) is 0 Å². The molecule has 5 heteroatoms. The highest BCUT2D eigenvalue weighted by Crippen LogP contribution is 2.31. The van der Waals surface area contributed by atoms with E-state index in [0.717, 1.165) is 44.3 Å². The van der Waals surface area contributed by atoms with Crippen molar-refractivity contribution in [3.05, 3.63) is 182 Å².